The van der Waals surface area contributed by atoms with Gasteiger partial charge in [0.2, 0.25) is 0 Å². The van der Waals surface area contributed by atoms with Crippen LogP contribution >= 0.6 is 29.1 Å². The van der Waals surface area contributed by atoms with Crippen LogP contribution in [0, 0.1) is 0 Å². The van der Waals surface area contributed by atoms with Crippen LogP contribution in [0.5, 0.6) is 0 Å². The van der Waals surface area contributed by atoms with E-state index >= 15 is 0 Å². The van der Waals surface area contributed by atoms with Crippen LogP contribution in [0.25, 0.3) is 0 Å². The number of rotatable bonds is 8. The van der Waals surface area contributed by atoms with Crippen molar-refractivity contribution in [2.45, 2.75) is 26.2 Å². The van der Waals surface area contributed by atoms with E-state index in [2.05, 4.69) is 0 Å². The van der Waals surface area contributed by atoms with Crippen molar-refractivity contribution in [3.8, 4) is 0 Å². The Labute approximate surface area is 181 Å². The predicted octanol–water partition coefficient (Wildman–Crippen LogP) is 3.00. The zero-order chi connectivity index (χ0) is 20.4. The topological polar surface area (TPSA) is 73.1 Å². The van der Waals surface area contributed by atoms with Crippen molar-refractivity contribution in [3.05, 3.63) is 67.0 Å². The van der Waals surface area contributed by atoms with Crippen molar-refractivity contribution < 1.29 is 23.2 Å². The van der Waals surface area contributed by atoms with Crippen molar-refractivity contribution in [3.63, 3.8) is 0 Å². The van der Waals surface area contributed by atoms with Gasteiger partial charge in [-0.3, -0.25) is 4.98 Å². The Kier molecular flexibility index (Phi) is 10.4. The van der Waals surface area contributed by atoms with Crippen LogP contribution in [0.15, 0.2) is 55.6 Å². The maximum absolute atomic E-state index is 8.97. The van der Waals surface area contributed by atoms with Crippen molar-refractivity contribution >= 4 is 29.1 Å². The van der Waals surface area contributed by atoms with Gasteiger partial charge in [0, 0.05) is 0 Å². The molecule has 3 rings (SSSR count). The molecule has 156 valence electrons. The van der Waals surface area contributed by atoms with Gasteiger partial charge in [0.05, 0.1) is 50.8 Å². The van der Waals surface area contributed by atoms with Gasteiger partial charge >= 0.3 is 42.1 Å². The minimum absolute atomic E-state index is 0.134. The molecule has 0 amide bonds. The van der Waals surface area contributed by atoms with Crippen LogP contribution in [-0.2, 0) is 39.2 Å². The molecule has 0 aromatic carbocycles. The van der Waals surface area contributed by atoms with Crippen molar-refractivity contribution in [1.29, 1.82) is 0 Å². The standard InChI is InChI=1S/C17H23N5O2.3ClH.Rh/c23-10-8-19-4-6-21(14-19)12-16-2-1-3-17(18-16)13-22-7-5-20(15-22)9-11-24;;;;/h1-7,14-15,23-24H,8-13H2;3*1H;/q+2;;;;+3/p-3. The molecule has 0 aliphatic rings. The van der Waals surface area contributed by atoms with Gasteiger partial charge in [0.15, 0.2) is 37.4 Å². The molecular weight excluding hydrogens is 515 g/mol. The first-order chi connectivity index (χ1) is 13.5. The Bertz CT molecular complexity index is 779. The predicted molar refractivity (Wildman–Crippen MR) is 108 cm³/mol. The molecule has 28 heavy (non-hydrogen) atoms. The van der Waals surface area contributed by atoms with Crippen LogP contribution in [0.2, 0.25) is 0 Å². The summed E-state index contributed by atoms with van der Waals surface area (Å²) in [6, 6.07) is 6.05. The maximum atomic E-state index is 8.97. The Hall–Kier alpha value is -1.02. The van der Waals surface area contributed by atoms with Crippen LogP contribution in [0.3, 0.4) is 0 Å². The molecule has 0 fully saturated rings. The number of nitrogens with zero attached hydrogens (tertiary/aromatic N) is 5. The van der Waals surface area contributed by atoms with Gasteiger partial charge < -0.3 is 10.2 Å². The molecule has 0 bridgehead atoms. The molecule has 0 atom stereocenters. The molecular formula is C17H23Cl3N5O2Rh+2. The number of hydrogen-bond donors (Lipinski definition) is 2. The van der Waals surface area contributed by atoms with E-state index in [1.165, 1.54) is 0 Å². The van der Waals surface area contributed by atoms with E-state index < -0.39 is 13.0 Å². The Morgan fingerprint density at radius 1 is 0.786 bits per heavy atom. The van der Waals surface area contributed by atoms with Crippen molar-refractivity contribution in [2.24, 2.45) is 0 Å². The molecule has 0 aliphatic carbocycles. The van der Waals surface area contributed by atoms with Crippen LogP contribution in [0.4, 0.5) is 0 Å². The van der Waals surface area contributed by atoms with Crippen LogP contribution < -0.4 is 0 Å². The second-order valence-electron chi connectivity index (χ2n) is 5.86. The van der Waals surface area contributed by atoms with E-state index in [9.17, 15) is 0 Å². The second-order valence-corrected chi connectivity index (χ2v) is 13.3. The number of aliphatic hydroxyl groups is 2. The second kappa shape index (κ2) is 12.5. The monoisotopic (exact) mass is 537 g/mol. The molecule has 0 spiro atoms. The molecule has 0 saturated heterocycles. The van der Waals surface area contributed by atoms with Gasteiger partial charge in [-0.05, 0) is 12.1 Å². The number of hydrogen-bond acceptors (Lipinski definition) is 3. The third-order valence-electron chi connectivity index (χ3n) is 3.76. The summed E-state index contributed by atoms with van der Waals surface area (Å²) in [5.74, 6) is 0. The van der Waals surface area contributed by atoms with E-state index in [1.807, 2.05) is 73.9 Å². The molecule has 3 aromatic heterocycles. The summed E-state index contributed by atoms with van der Waals surface area (Å²) in [6.45, 7) is 2.86. The van der Waals surface area contributed by atoms with Gasteiger partial charge in [-0.2, -0.15) is 0 Å². The molecule has 3 aromatic rings. The molecule has 3 heterocycles. The van der Waals surface area contributed by atoms with E-state index in [4.69, 9.17) is 44.3 Å². The van der Waals surface area contributed by atoms with E-state index in [-0.39, 0.29) is 13.2 Å². The van der Waals surface area contributed by atoms with E-state index in [1.54, 1.807) is 0 Å². The van der Waals surface area contributed by atoms with Crippen LogP contribution in [0.1, 0.15) is 11.4 Å². The fourth-order valence-corrected chi connectivity index (χ4v) is 2.64. The number of aliphatic hydroxyl groups excluding tert-OH is 2. The summed E-state index contributed by atoms with van der Waals surface area (Å²) in [7, 11) is 14.8. The van der Waals surface area contributed by atoms with Crippen LogP contribution in [-0.4, -0.2) is 46.7 Å². The van der Waals surface area contributed by atoms with Crippen molar-refractivity contribution in [2.75, 3.05) is 13.2 Å². The van der Waals surface area contributed by atoms with Gasteiger partial charge in [0.1, 0.15) is 0 Å². The quantitative estimate of drug-likeness (QED) is 0.342. The number of halogens is 3. The number of pyridine rings is 1. The summed E-state index contributed by atoms with van der Waals surface area (Å²) in [5.41, 5.74) is 1.99. The fourth-order valence-electron chi connectivity index (χ4n) is 2.64. The Morgan fingerprint density at radius 2 is 1.18 bits per heavy atom. The Morgan fingerprint density at radius 3 is 1.57 bits per heavy atom. The Balaban J connectivity index is 0.000000640. The minimum atomic E-state index is -1.66. The third-order valence-corrected chi connectivity index (χ3v) is 3.76. The van der Waals surface area contributed by atoms with Gasteiger partial charge in [-0.15, -0.1) is 0 Å². The molecule has 0 unspecified atom stereocenters. The summed E-state index contributed by atoms with van der Waals surface area (Å²) < 4.78 is 7.99. The fraction of sp³-hybridized carbons (Fsp3) is 0.353. The summed E-state index contributed by atoms with van der Waals surface area (Å²) in [5, 5.41) is 17.9. The summed E-state index contributed by atoms with van der Waals surface area (Å²) in [6.07, 6.45) is 11.8. The molecule has 0 radical (unpaired) electrons. The normalized spacial score (nSPS) is 11.1. The first-order valence-corrected chi connectivity index (χ1v) is 14.7. The van der Waals surface area contributed by atoms with Crippen molar-refractivity contribution in [1.82, 2.24) is 23.3 Å². The molecule has 2 N–H and O–H groups in total. The average molecular weight is 539 g/mol. The zero-order valence-corrected chi connectivity index (χ0v) is 18.9. The first kappa shape index (κ1) is 23.3. The first-order valence-electron chi connectivity index (χ1n) is 8.41. The average Bonchev–Trinajstić information content (AvgIpc) is 3.25. The van der Waals surface area contributed by atoms with Gasteiger partial charge in [-0.25, -0.2) is 18.3 Å². The third kappa shape index (κ3) is 8.56. The zero-order valence-electron chi connectivity index (χ0n) is 15.0. The van der Waals surface area contributed by atoms with Gasteiger partial charge in [0.25, 0.3) is 0 Å². The van der Waals surface area contributed by atoms with E-state index in [0.29, 0.717) is 26.2 Å². The van der Waals surface area contributed by atoms with E-state index in [0.717, 1.165) is 11.4 Å². The summed E-state index contributed by atoms with van der Waals surface area (Å²) >= 11 is -1.66. The number of imidazole rings is 2. The SMILES string of the molecule is OCCn1ccn(Cc2cccc(Cn3ccn(CCO)[cH+]3)n2)[cH+]1.[Cl][Rh]([Cl])[Cl]. The molecule has 0 aliphatic heterocycles. The summed E-state index contributed by atoms with van der Waals surface area (Å²) in [4.78, 5) is 4.71. The molecule has 11 heteroatoms. The molecule has 0 saturated carbocycles. The van der Waals surface area contributed by atoms with Gasteiger partial charge in [-0.1, -0.05) is 6.07 Å². The number of aromatic nitrogens is 5. The molecule has 7 nitrogen and oxygen atoms in total.